The van der Waals surface area contributed by atoms with Crippen molar-refractivity contribution in [2.45, 2.75) is 24.5 Å². The molecule has 92 valence electrons. The smallest absolute Gasteiger partial charge is 0.168 e. The summed E-state index contributed by atoms with van der Waals surface area (Å²) in [6.07, 6.45) is 0.759. The van der Waals surface area contributed by atoms with Crippen LogP contribution in [0.1, 0.15) is 27.6 Å². The quantitative estimate of drug-likeness (QED) is 0.624. The molecule has 0 unspecified atom stereocenters. The zero-order valence-electron chi connectivity index (χ0n) is 10.4. The van der Waals surface area contributed by atoms with Gasteiger partial charge in [0.1, 0.15) is 11.5 Å². The predicted molar refractivity (Wildman–Crippen MR) is 72.9 cm³/mol. The van der Waals surface area contributed by atoms with Crippen LogP contribution in [-0.4, -0.2) is 16.3 Å². The van der Waals surface area contributed by atoms with Gasteiger partial charge >= 0.3 is 0 Å². The molecule has 1 heterocycles. The number of hydrogen-bond acceptors (Lipinski definition) is 4. The van der Waals surface area contributed by atoms with E-state index in [-0.39, 0.29) is 0 Å². The Balaban J connectivity index is 2.10. The molecule has 0 aliphatic carbocycles. The molecule has 0 fully saturated rings. The second-order valence-electron chi connectivity index (χ2n) is 4.07. The summed E-state index contributed by atoms with van der Waals surface area (Å²) in [4.78, 5) is 20.4. The lowest BCUT2D eigenvalue weighted by molar-refractivity contribution is 0.111. The molecule has 0 N–H and O–H groups in total. The van der Waals surface area contributed by atoms with Crippen molar-refractivity contribution in [1.82, 2.24) is 9.97 Å². The lowest BCUT2D eigenvalue weighted by Crippen LogP contribution is -1.99. The third-order valence-corrected chi connectivity index (χ3v) is 3.39. The zero-order valence-corrected chi connectivity index (χ0v) is 11.2. The number of aromatic nitrogens is 2. The SMILES string of the molecule is Cc1cccc(SCc2nc(C)cc(C=O)n2)c1. The first-order valence-electron chi connectivity index (χ1n) is 5.66. The van der Waals surface area contributed by atoms with Crippen LogP contribution < -0.4 is 0 Å². The van der Waals surface area contributed by atoms with Crippen molar-refractivity contribution in [3.05, 3.63) is 53.1 Å². The van der Waals surface area contributed by atoms with Gasteiger partial charge in [0.25, 0.3) is 0 Å². The molecule has 3 nitrogen and oxygen atoms in total. The average Bonchev–Trinajstić information content (AvgIpc) is 2.36. The van der Waals surface area contributed by atoms with E-state index < -0.39 is 0 Å². The van der Waals surface area contributed by atoms with Gasteiger partial charge < -0.3 is 0 Å². The second kappa shape index (κ2) is 5.78. The van der Waals surface area contributed by atoms with E-state index in [0.29, 0.717) is 17.3 Å². The maximum Gasteiger partial charge on any atom is 0.168 e. The summed E-state index contributed by atoms with van der Waals surface area (Å²) in [6.45, 7) is 3.94. The van der Waals surface area contributed by atoms with Gasteiger partial charge in [-0.05, 0) is 32.0 Å². The first-order chi connectivity index (χ1) is 8.67. The normalized spacial score (nSPS) is 10.3. The van der Waals surface area contributed by atoms with Crippen LogP contribution >= 0.6 is 11.8 Å². The number of aryl methyl sites for hydroxylation is 2. The fraction of sp³-hybridized carbons (Fsp3) is 0.214. The van der Waals surface area contributed by atoms with Gasteiger partial charge in [0.05, 0.1) is 5.75 Å². The van der Waals surface area contributed by atoms with Crippen molar-refractivity contribution < 1.29 is 4.79 Å². The Morgan fingerprint density at radius 1 is 1.22 bits per heavy atom. The van der Waals surface area contributed by atoms with Gasteiger partial charge in [-0.25, -0.2) is 9.97 Å². The predicted octanol–water partition coefficient (Wildman–Crippen LogP) is 3.20. The molecule has 1 aromatic carbocycles. The summed E-state index contributed by atoms with van der Waals surface area (Å²) >= 11 is 1.67. The first-order valence-corrected chi connectivity index (χ1v) is 6.65. The number of aldehydes is 1. The van der Waals surface area contributed by atoms with E-state index in [1.165, 1.54) is 10.5 Å². The number of benzene rings is 1. The van der Waals surface area contributed by atoms with E-state index in [1.54, 1.807) is 17.8 Å². The standard InChI is InChI=1S/C14H14N2OS/c1-10-4-3-5-13(6-10)18-9-14-15-11(2)7-12(8-17)16-14/h3-8H,9H2,1-2H3. The molecular formula is C14H14N2OS. The molecule has 0 saturated carbocycles. The molecule has 4 heteroatoms. The number of carbonyl (C=O) groups is 1. The maximum atomic E-state index is 10.7. The Morgan fingerprint density at radius 3 is 2.78 bits per heavy atom. The highest BCUT2D eigenvalue weighted by atomic mass is 32.2. The van der Waals surface area contributed by atoms with Crippen molar-refractivity contribution in [2.24, 2.45) is 0 Å². The van der Waals surface area contributed by atoms with Crippen LogP contribution in [0, 0.1) is 13.8 Å². The summed E-state index contributed by atoms with van der Waals surface area (Å²) < 4.78 is 0. The summed E-state index contributed by atoms with van der Waals surface area (Å²) in [5, 5.41) is 0. The lowest BCUT2D eigenvalue weighted by atomic mass is 10.2. The Morgan fingerprint density at radius 2 is 2.06 bits per heavy atom. The Kier molecular flexibility index (Phi) is 4.10. The van der Waals surface area contributed by atoms with Crippen LogP contribution in [0.2, 0.25) is 0 Å². The van der Waals surface area contributed by atoms with Gasteiger partial charge in [-0.15, -0.1) is 11.8 Å². The Hall–Kier alpha value is -1.68. The number of thioether (sulfide) groups is 1. The van der Waals surface area contributed by atoms with E-state index in [2.05, 4.69) is 35.1 Å². The molecule has 0 aliphatic rings. The van der Waals surface area contributed by atoms with Crippen molar-refractivity contribution in [3.8, 4) is 0 Å². The van der Waals surface area contributed by atoms with E-state index >= 15 is 0 Å². The van der Waals surface area contributed by atoms with Gasteiger partial charge in [0.15, 0.2) is 6.29 Å². The van der Waals surface area contributed by atoms with E-state index in [1.807, 2.05) is 13.0 Å². The molecule has 0 spiro atoms. The molecule has 0 radical (unpaired) electrons. The van der Waals surface area contributed by atoms with Gasteiger partial charge in [0, 0.05) is 10.6 Å². The van der Waals surface area contributed by atoms with Crippen molar-refractivity contribution in [2.75, 3.05) is 0 Å². The largest absolute Gasteiger partial charge is 0.296 e. The van der Waals surface area contributed by atoms with Crippen LogP contribution in [-0.2, 0) is 5.75 Å². The summed E-state index contributed by atoms with van der Waals surface area (Å²) in [5.41, 5.74) is 2.51. The number of hydrogen-bond donors (Lipinski definition) is 0. The number of nitrogens with zero attached hydrogens (tertiary/aromatic N) is 2. The molecule has 0 aliphatic heterocycles. The molecule has 0 bridgehead atoms. The second-order valence-corrected chi connectivity index (χ2v) is 5.12. The van der Waals surface area contributed by atoms with Crippen LogP contribution in [0.4, 0.5) is 0 Å². The lowest BCUT2D eigenvalue weighted by Gasteiger charge is -2.03. The summed E-state index contributed by atoms with van der Waals surface area (Å²) in [5.74, 6) is 1.37. The highest BCUT2D eigenvalue weighted by molar-refractivity contribution is 7.98. The monoisotopic (exact) mass is 258 g/mol. The minimum atomic E-state index is 0.447. The van der Waals surface area contributed by atoms with Crippen LogP contribution in [0.15, 0.2) is 35.2 Å². The fourth-order valence-electron chi connectivity index (χ4n) is 1.63. The Bertz CT molecular complexity index is 569. The fourth-order valence-corrected chi connectivity index (χ4v) is 2.50. The van der Waals surface area contributed by atoms with Crippen molar-refractivity contribution in [3.63, 3.8) is 0 Å². The van der Waals surface area contributed by atoms with E-state index in [4.69, 9.17) is 0 Å². The molecule has 0 amide bonds. The molecule has 0 saturated heterocycles. The maximum absolute atomic E-state index is 10.7. The molecule has 0 atom stereocenters. The van der Waals surface area contributed by atoms with Crippen LogP contribution in [0.5, 0.6) is 0 Å². The minimum Gasteiger partial charge on any atom is -0.296 e. The molecule has 18 heavy (non-hydrogen) atoms. The van der Waals surface area contributed by atoms with Crippen molar-refractivity contribution in [1.29, 1.82) is 0 Å². The van der Waals surface area contributed by atoms with Gasteiger partial charge in [-0.3, -0.25) is 4.79 Å². The highest BCUT2D eigenvalue weighted by Crippen LogP contribution is 2.22. The van der Waals surface area contributed by atoms with E-state index in [9.17, 15) is 4.79 Å². The Labute approximate surface area is 111 Å². The third kappa shape index (κ3) is 3.40. The van der Waals surface area contributed by atoms with Crippen LogP contribution in [0.25, 0.3) is 0 Å². The molecule has 1 aromatic heterocycles. The molecule has 2 aromatic rings. The highest BCUT2D eigenvalue weighted by Gasteiger charge is 2.03. The topological polar surface area (TPSA) is 42.9 Å². The first kappa shape index (κ1) is 12.8. The van der Waals surface area contributed by atoms with Crippen LogP contribution in [0.3, 0.4) is 0 Å². The van der Waals surface area contributed by atoms with Crippen molar-refractivity contribution >= 4 is 18.0 Å². The summed E-state index contributed by atoms with van der Waals surface area (Å²) in [6, 6.07) is 9.98. The average molecular weight is 258 g/mol. The third-order valence-electron chi connectivity index (χ3n) is 2.40. The molecule has 2 rings (SSSR count). The van der Waals surface area contributed by atoms with E-state index in [0.717, 1.165) is 12.0 Å². The number of rotatable bonds is 4. The minimum absolute atomic E-state index is 0.447. The number of carbonyl (C=O) groups excluding carboxylic acids is 1. The summed E-state index contributed by atoms with van der Waals surface area (Å²) in [7, 11) is 0. The molecular weight excluding hydrogens is 244 g/mol. The van der Waals surface area contributed by atoms with Gasteiger partial charge in [-0.2, -0.15) is 0 Å². The van der Waals surface area contributed by atoms with Gasteiger partial charge in [0.2, 0.25) is 0 Å². The zero-order chi connectivity index (χ0) is 13.0. The van der Waals surface area contributed by atoms with Gasteiger partial charge in [-0.1, -0.05) is 17.7 Å².